The van der Waals surface area contributed by atoms with E-state index in [1.807, 2.05) is 11.8 Å². The summed E-state index contributed by atoms with van der Waals surface area (Å²) in [5.41, 5.74) is 4.21. The Labute approximate surface area is 113 Å². The van der Waals surface area contributed by atoms with Gasteiger partial charge in [-0.1, -0.05) is 24.6 Å². The molecule has 1 heterocycles. The van der Waals surface area contributed by atoms with Crippen molar-refractivity contribution < 1.29 is 4.79 Å². The standard InChI is InChI=1S/C16H20OS/c17-15(16-6-1-2-9-18-16)11-12-7-8-13-4-3-5-14(13)10-12/h7-8,10,16H,1-6,9,11H2. The number of ketones is 1. The lowest BCUT2D eigenvalue weighted by Crippen LogP contribution is -2.22. The number of aryl methyl sites for hydroxylation is 2. The summed E-state index contributed by atoms with van der Waals surface area (Å²) >= 11 is 1.87. The third kappa shape index (κ3) is 2.64. The maximum Gasteiger partial charge on any atom is 0.150 e. The summed E-state index contributed by atoms with van der Waals surface area (Å²) in [5, 5.41) is 0.270. The molecule has 1 aliphatic carbocycles. The van der Waals surface area contributed by atoms with Gasteiger partial charge in [0, 0.05) is 6.42 Å². The minimum absolute atomic E-state index is 0.270. The van der Waals surface area contributed by atoms with E-state index in [1.54, 1.807) is 0 Å². The van der Waals surface area contributed by atoms with Gasteiger partial charge < -0.3 is 0 Å². The Hall–Kier alpha value is -0.760. The zero-order valence-corrected chi connectivity index (χ0v) is 11.6. The van der Waals surface area contributed by atoms with Crippen molar-refractivity contribution >= 4 is 17.5 Å². The molecule has 0 saturated carbocycles. The Bertz CT molecular complexity index is 446. The van der Waals surface area contributed by atoms with Crippen molar-refractivity contribution in [1.29, 1.82) is 0 Å². The summed E-state index contributed by atoms with van der Waals surface area (Å²) < 4.78 is 0. The molecule has 1 unspecified atom stereocenters. The van der Waals surface area contributed by atoms with Crippen LogP contribution in [0.4, 0.5) is 0 Å². The fraction of sp³-hybridized carbons (Fsp3) is 0.562. The van der Waals surface area contributed by atoms with Crippen molar-refractivity contribution in [2.45, 2.75) is 50.2 Å². The molecule has 96 valence electrons. The maximum absolute atomic E-state index is 12.2. The van der Waals surface area contributed by atoms with Gasteiger partial charge in [0.25, 0.3) is 0 Å². The molecule has 1 aromatic rings. The van der Waals surface area contributed by atoms with Crippen LogP contribution in [0.2, 0.25) is 0 Å². The second-order valence-electron chi connectivity index (χ2n) is 5.45. The molecule has 1 aromatic carbocycles. The monoisotopic (exact) mass is 260 g/mol. The average Bonchev–Trinajstić information content (AvgIpc) is 2.87. The molecule has 0 N–H and O–H groups in total. The van der Waals surface area contributed by atoms with Crippen LogP contribution in [0.15, 0.2) is 18.2 Å². The highest BCUT2D eigenvalue weighted by Gasteiger charge is 2.22. The zero-order chi connectivity index (χ0) is 12.4. The SMILES string of the molecule is O=C(Cc1ccc2c(c1)CCC2)C1CCCCS1. The molecule has 0 spiro atoms. The van der Waals surface area contributed by atoms with E-state index in [1.165, 1.54) is 54.5 Å². The van der Waals surface area contributed by atoms with Gasteiger partial charge in [-0.2, -0.15) is 11.8 Å². The number of rotatable bonds is 3. The lowest BCUT2D eigenvalue weighted by Gasteiger charge is -2.20. The number of Topliss-reactive ketones (excluding diaryl/α,β-unsaturated/α-hetero) is 1. The van der Waals surface area contributed by atoms with E-state index < -0.39 is 0 Å². The van der Waals surface area contributed by atoms with Crippen molar-refractivity contribution in [2.75, 3.05) is 5.75 Å². The lowest BCUT2D eigenvalue weighted by atomic mass is 10.00. The number of hydrogen-bond donors (Lipinski definition) is 0. The molecule has 1 saturated heterocycles. The van der Waals surface area contributed by atoms with Crippen LogP contribution in [0.1, 0.15) is 42.4 Å². The van der Waals surface area contributed by atoms with Gasteiger partial charge in [-0.05, 0) is 54.5 Å². The number of carbonyl (C=O) groups is 1. The zero-order valence-electron chi connectivity index (χ0n) is 10.8. The van der Waals surface area contributed by atoms with Crippen LogP contribution in [-0.4, -0.2) is 16.8 Å². The smallest absolute Gasteiger partial charge is 0.150 e. The van der Waals surface area contributed by atoms with E-state index in [4.69, 9.17) is 0 Å². The molecule has 1 nitrogen and oxygen atoms in total. The maximum atomic E-state index is 12.2. The first kappa shape index (κ1) is 12.3. The highest BCUT2D eigenvalue weighted by atomic mass is 32.2. The predicted octanol–water partition coefficient (Wildman–Crippen LogP) is 3.57. The summed E-state index contributed by atoms with van der Waals surface area (Å²) in [7, 11) is 0. The Morgan fingerprint density at radius 2 is 2.06 bits per heavy atom. The molecule has 0 bridgehead atoms. The topological polar surface area (TPSA) is 17.1 Å². The molecular weight excluding hydrogens is 240 g/mol. The van der Waals surface area contributed by atoms with E-state index in [-0.39, 0.29) is 5.25 Å². The molecule has 18 heavy (non-hydrogen) atoms. The van der Waals surface area contributed by atoms with Crippen molar-refractivity contribution in [3.8, 4) is 0 Å². The van der Waals surface area contributed by atoms with Crippen molar-refractivity contribution in [2.24, 2.45) is 0 Å². The number of thioether (sulfide) groups is 1. The van der Waals surface area contributed by atoms with Crippen molar-refractivity contribution in [3.05, 3.63) is 34.9 Å². The van der Waals surface area contributed by atoms with Crippen molar-refractivity contribution in [1.82, 2.24) is 0 Å². The third-order valence-electron chi connectivity index (χ3n) is 4.08. The summed E-state index contributed by atoms with van der Waals surface area (Å²) in [4.78, 5) is 12.2. The summed E-state index contributed by atoms with van der Waals surface area (Å²) in [6.07, 6.45) is 7.96. The largest absolute Gasteiger partial charge is 0.298 e. The van der Waals surface area contributed by atoms with Crippen LogP contribution in [0.3, 0.4) is 0 Å². The van der Waals surface area contributed by atoms with Crippen LogP contribution in [0, 0.1) is 0 Å². The van der Waals surface area contributed by atoms with Gasteiger partial charge in [-0.25, -0.2) is 0 Å². The summed E-state index contributed by atoms with van der Waals surface area (Å²) in [6.45, 7) is 0. The van der Waals surface area contributed by atoms with Crippen LogP contribution in [0.5, 0.6) is 0 Å². The average molecular weight is 260 g/mol. The molecule has 1 fully saturated rings. The van der Waals surface area contributed by atoms with Crippen LogP contribution in [-0.2, 0) is 24.1 Å². The van der Waals surface area contributed by atoms with Gasteiger partial charge in [0.15, 0.2) is 0 Å². The highest BCUT2D eigenvalue weighted by molar-refractivity contribution is 8.00. The van der Waals surface area contributed by atoms with Gasteiger partial charge in [-0.3, -0.25) is 4.79 Å². The minimum Gasteiger partial charge on any atom is -0.298 e. The van der Waals surface area contributed by atoms with Gasteiger partial charge in [0.2, 0.25) is 0 Å². The Kier molecular flexibility index (Phi) is 3.74. The van der Waals surface area contributed by atoms with Gasteiger partial charge in [0.1, 0.15) is 5.78 Å². The van der Waals surface area contributed by atoms with E-state index >= 15 is 0 Å². The molecular formula is C16H20OS. The first-order valence-electron chi connectivity index (χ1n) is 7.08. The van der Waals surface area contributed by atoms with Gasteiger partial charge in [0.05, 0.1) is 5.25 Å². The second kappa shape index (κ2) is 5.48. The molecule has 0 aromatic heterocycles. The van der Waals surface area contributed by atoms with E-state index in [9.17, 15) is 4.79 Å². The first-order valence-corrected chi connectivity index (χ1v) is 8.13. The predicted molar refractivity (Wildman–Crippen MR) is 77.3 cm³/mol. The molecule has 2 aliphatic rings. The number of hydrogen-bond acceptors (Lipinski definition) is 2. The lowest BCUT2D eigenvalue weighted by molar-refractivity contribution is -0.118. The molecule has 3 rings (SSSR count). The van der Waals surface area contributed by atoms with Crippen LogP contribution < -0.4 is 0 Å². The Balaban J connectivity index is 1.66. The normalized spacial score (nSPS) is 22.8. The van der Waals surface area contributed by atoms with Crippen LogP contribution >= 0.6 is 11.8 Å². The number of benzene rings is 1. The Morgan fingerprint density at radius 1 is 1.17 bits per heavy atom. The quantitative estimate of drug-likeness (QED) is 0.826. The van der Waals surface area contributed by atoms with Crippen LogP contribution in [0.25, 0.3) is 0 Å². The number of fused-ring (bicyclic) bond motifs is 1. The number of carbonyl (C=O) groups excluding carboxylic acids is 1. The molecule has 1 aliphatic heterocycles. The third-order valence-corrected chi connectivity index (χ3v) is 5.51. The first-order chi connectivity index (χ1) is 8.83. The van der Waals surface area contributed by atoms with Crippen molar-refractivity contribution in [3.63, 3.8) is 0 Å². The molecule has 1 atom stereocenters. The fourth-order valence-corrected chi connectivity index (χ4v) is 4.30. The van der Waals surface area contributed by atoms with Gasteiger partial charge in [-0.15, -0.1) is 0 Å². The van der Waals surface area contributed by atoms with E-state index in [0.717, 1.165) is 6.42 Å². The summed E-state index contributed by atoms with van der Waals surface area (Å²) in [6, 6.07) is 6.67. The van der Waals surface area contributed by atoms with Gasteiger partial charge >= 0.3 is 0 Å². The summed E-state index contributed by atoms with van der Waals surface area (Å²) in [5.74, 6) is 1.61. The molecule has 0 radical (unpaired) electrons. The Morgan fingerprint density at radius 3 is 2.89 bits per heavy atom. The van der Waals surface area contributed by atoms with E-state index in [2.05, 4.69) is 18.2 Å². The molecule has 2 heteroatoms. The van der Waals surface area contributed by atoms with E-state index in [0.29, 0.717) is 12.2 Å². The fourth-order valence-electron chi connectivity index (χ4n) is 3.04. The second-order valence-corrected chi connectivity index (χ2v) is 6.77. The molecule has 0 amide bonds. The minimum atomic E-state index is 0.270. The highest BCUT2D eigenvalue weighted by Crippen LogP contribution is 2.28.